The van der Waals surface area contributed by atoms with Crippen LogP contribution in [-0.2, 0) is 4.79 Å². The van der Waals surface area contributed by atoms with E-state index in [1.807, 2.05) is 72.8 Å². The highest BCUT2D eigenvalue weighted by Crippen LogP contribution is 2.34. The minimum atomic E-state index is -0.107. The molecule has 1 amide bonds. The minimum absolute atomic E-state index is 0.107. The van der Waals surface area contributed by atoms with Crippen molar-refractivity contribution >= 4 is 34.9 Å². The van der Waals surface area contributed by atoms with Crippen molar-refractivity contribution in [2.75, 3.05) is 4.90 Å². The number of hydrogen-bond donors (Lipinski definition) is 0. The number of benzene rings is 3. The summed E-state index contributed by atoms with van der Waals surface area (Å²) in [6.45, 7) is 0. The molecule has 144 valence electrons. The summed E-state index contributed by atoms with van der Waals surface area (Å²) in [7, 11) is 0. The normalized spacial score (nSPS) is 16.0. The monoisotopic (exact) mass is 389 g/mol. The fourth-order valence-electron chi connectivity index (χ4n) is 3.56. The van der Waals surface area contributed by atoms with E-state index in [4.69, 9.17) is 0 Å². The first-order valence-corrected chi connectivity index (χ1v) is 9.79. The maximum Gasteiger partial charge on any atom is 0.282 e. The summed E-state index contributed by atoms with van der Waals surface area (Å²) < 4.78 is 0. The number of anilines is 3. The zero-order chi connectivity index (χ0) is 20.3. The van der Waals surface area contributed by atoms with Gasteiger partial charge < -0.3 is 4.90 Å². The second-order valence-electron chi connectivity index (χ2n) is 6.97. The lowest BCUT2D eigenvalue weighted by molar-refractivity contribution is -0.120. The lowest BCUT2D eigenvalue weighted by Crippen LogP contribution is -2.26. The average molecular weight is 389 g/mol. The average Bonchev–Trinajstić information content (AvgIpc) is 3.12. The van der Waals surface area contributed by atoms with Gasteiger partial charge in [-0.1, -0.05) is 54.6 Å². The summed E-state index contributed by atoms with van der Waals surface area (Å²) in [4.78, 5) is 20.7. The molecule has 0 spiro atoms. The van der Waals surface area contributed by atoms with Gasteiger partial charge in [-0.3, -0.25) is 9.69 Å². The second-order valence-corrected chi connectivity index (χ2v) is 6.97. The van der Waals surface area contributed by atoms with Gasteiger partial charge in [0.2, 0.25) is 0 Å². The van der Waals surface area contributed by atoms with E-state index in [9.17, 15) is 4.79 Å². The molecule has 4 nitrogen and oxygen atoms in total. The van der Waals surface area contributed by atoms with Crippen LogP contribution in [0.2, 0.25) is 0 Å². The van der Waals surface area contributed by atoms with Gasteiger partial charge >= 0.3 is 0 Å². The van der Waals surface area contributed by atoms with Crippen molar-refractivity contribution in [3.8, 4) is 0 Å². The molecular weight excluding hydrogens is 370 g/mol. The number of fused-ring (bicyclic) bond motifs is 1. The van der Waals surface area contributed by atoms with Crippen LogP contribution in [0.1, 0.15) is 5.56 Å². The second kappa shape index (κ2) is 7.68. The number of amidine groups is 1. The summed E-state index contributed by atoms with van der Waals surface area (Å²) in [5, 5.41) is 0. The molecule has 0 aromatic heterocycles. The minimum Gasteiger partial charge on any atom is -0.311 e. The third-order valence-electron chi connectivity index (χ3n) is 4.99. The SMILES string of the molecule is O=C1/C(=C/c2ccc(N(c3ccccc3)c3ccccc3)cc2)N=C2C=CC=CN12. The number of amides is 1. The van der Waals surface area contributed by atoms with Crippen molar-refractivity contribution < 1.29 is 4.79 Å². The van der Waals surface area contributed by atoms with Crippen LogP contribution in [0.4, 0.5) is 17.1 Å². The first kappa shape index (κ1) is 17.9. The lowest BCUT2D eigenvalue weighted by Gasteiger charge is -2.25. The van der Waals surface area contributed by atoms with Gasteiger partial charge in [0.05, 0.1) is 0 Å². The van der Waals surface area contributed by atoms with Gasteiger partial charge in [0.15, 0.2) is 0 Å². The maximum atomic E-state index is 12.5. The molecule has 0 aliphatic carbocycles. The molecule has 3 aromatic carbocycles. The Labute approximate surface area is 175 Å². The molecule has 0 radical (unpaired) electrons. The Kier molecular flexibility index (Phi) is 4.58. The predicted molar refractivity (Wildman–Crippen MR) is 122 cm³/mol. The Hall–Kier alpha value is -4.18. The molecule has 0 fully saturated rings. The van der Waals surface area contributed by atoms with Crippen LogP contribution in [0.5, 0.6) is 0 Å². The Morgan fingerprint density at radius 1 is 0.733 bits per heavy atom. The fraction of sp³-hybridized carbons (Fsp3) is 0. The van der Waals surface area contributed by atoms with E-state index in [1.165, 1.54) is 0 Å². The van der Waals surface area contributed by atoms with E-state index in [0.717, 1.165) is 22.6 Å². The standard InChI is InChI=1S/C26H19N3O/c30-26-24(27-25-13-7-8-18-28(25)26)19-20-14-16-23(17-15-20)29(21-9-3-1-4-10-21)22-11-5-2-6-12-22/h1-19H/b24-19-. The zero-order valence-electron chi connectivity index (χ0n) is 16.2. The molecular formula is C26H19N3O. The smallest absolute Gasteiger partial charge is 0.282 e. The van der Waals surface area contributed by atoms with Crippen molar-refractivity contribution in [2.24, 2.45) is 4.99 Å². The van der Waals surface area contributed by atoms with E-state index in [1.54, 1.807) is 11.1 Å². The highest BCUT2D eigenvalue weighted by atomic mass is 16.2. The topological polar surface area (TPSA) is 35.9 Å². The highest BCUT2D eigenvalue weighted by molar-refractivity contribution is 6.19. The van der Waals surface area contributed by atoms with Crippen molar-refractivity contribution in [1.82, 2.24) is 4.90 Å². The molecule has 0 saturated carbocycles. The van der Waals surface area contributed by atoms with Gasteiger partial charge in [0, 0.05) is 23.3 Å². The maximum absolute atomic E-state index is 12.5. The molecule has 2 heterocycles. The van der Waals surface area contributed by atoms with E-state index in [0.29, 0.717) is 11.5 Å². The molecule has 0 atom stereocenters. The van der Waals surface area contributed by atoms with E-state index in [2.05, 4.69) is 46.3 Å². The van der Waals surface area contributed by atoms with Gasteiger partial charge in [0.1, 0.15) is 11.5 Å². The summed E-state index contributed by atoms with van der Waals surface area (Å²) in [5.41, 5.74) is 4.59. The van der Waals surface area contributed by atoms with Crippen LogP contribution in [-0.4, -0.2) is 16.6 Å². The Morgan fingerprint density at radius 2 is 1.33 bits per heavy atom. The van der Waals surface area contributed by atoms with Gasteiger partial charge in [-0.15, -0.1) is 0 Å². The molecule has 0 N–H and O–H groups in total. The Balaban J connectivity index is 1.48. The molecule has 3 aromatic rings. The van der Waals surface area contributed by atoms with Crippen molar-refractivity contribution in [2.45, 2.75) is 0 Å². The third kappa shape index (κ3) is 3.35. The summed E-state index contributed by atoms with van der Waals surface area (Å²) in [6, 6.07) is 28.7. The van der Waals surface area contributed by atoms with E-state index in [-0.39, 0.29) is 5.91 Å². The van der Waals surface area contributed by atoms with E-state index >= 15 is 0 Å². The lowest BCUT2D eigenvalue weighted by atomic mass is 10.1. The Morgan fingerprint density at radius 3 is 1.93 bits per heavy atom. The molecule has 0 bridgehead atoms. The molecule has 0 saturated heterocycles. The number of rotatable bonds is 4. The number of allylic oxidation sites excluding steroid dienone is 2. The number of carbonyl (C=O) groups is 1. The van der Waals surface area contributed by atoms with Gasteiger partial charge in [-0.2, -0.15) is 0 Å². The van der Waals surface area contributed by atoms with Crippen molar-refractivity contribution in [3.05, 3.63) is 121 Å². The molecule has 30 heavy (non-hydrogen) atoms. The number of hydrogen-bond acceptors (Lipinski definition) is 3. The largest absolute Gasteiger partial charge is 0.311 e. The first-order valence-electron chi connectivity index (χ1n) is 9.79. The molecule has 4 heteroatoms. The van der Waals surface area contributed by atoms with Gasteiger partial charge in [-0.25, -0.2) is 4.99 Å². The van der Waals surface area contributed by atoms with Crippen LogP contribution in [0.3, 0.4) is 0 Å². The summed E-state index contributed by atoms with van der Waals surface area (Å²) >= 11 is 0. The van der Waals surface area contributed by atoms with Crippen LogP contribution in [0, 0.1) is 0 Å². The van der Waals surface area contributed by atoms with Gasteiger partial charge in [-0.05, 0) is 60.2 Å². The fourth-order valence-corrected chi connectivity index (χ4v) is 3.56. The highest BCUT2D eigenvalue weighted by Gasteiger charge is 2.27. The number of nitrogens with zero attached hydrogens (tertiary/aromatic N) is 3. The molecule has 5 rings (SSSR count). The van der Waals surface area contributed by atoms with Crippen LogP contribution >= 0.6 is 0 Å². The molecule has 2 aliphatic rings. The molecule has 2 aliphatic heterocycles. The quantitative estimate of drug-likeness (QED) is 0.527. The number of para-hydroxylation sites is 2. The van der Waals surface area contributed by atoms with Crippen LogP contribution < -0.4 is 4.90 Å². The zero-order valence-corrected chi connectivity index (χ0v) is 16.2. The van der Waals surface area contributed by atoms with Crippen molar-refractivity contribution in [1.29, 1.82) is 0 Å². The first-order chi connectivity index (χ1) is 14.8. The van der Waals surface area contributed by atoms with Crippen LogP contribution in [0.25, 0.3) is 6.08 Å². The summed E-state index contributed by atoms with van der Waals surface area (Å²) in [5.74, 6) is 0.551. The van der Waals surface area contributed by atoms with E-state index < -0.39 is 0 Å². The predicted octanol–water partition coefficient (Wildman–Crippen LogP) is 5.82. The summed E-state index contributed by atoms with van der Waals surface area (Å²) in [6.07, 6.45) is 9.11. The van der Waals surface area contributed by atoms with Crippen molar-refractivity contribution in [3.63, 3.8) is 0 Å². The van der Waals surface area contributed by atoms with Gasteiger partial charge in [0.25, 0.3) is 5.91 Å². The number of carbonyl (C=O) groups excluding carboxylic acids is 1. The number of aliphatic imine (C=N–C) groups is 1. The Bertz CT molecular complexity index is 1150. The molecule has 0 unspecified atom stereocenters. The third-order valence-corrected chi connectivity index (χ3v) is 4.99. The van der Waals surface area contributed by atoms with Crippen LogP contribution in [0.15, 0.2) is 120 Å².